The molecule has 9 nitrogen and oxygen atoms in total. The number of carboxylic acid groups (broad SMARTS) is 1. The Labute approximate surface area is 212 Å². The van der Waals surface area contributed by atoms with Crippen molar-refractivity contribution < 1.29 is 24.5 Å². The molecule has 1 amide bonds. The van der Waals surface area contributed by atoms with E-state index >= 15 is 0 Å². The molecule has 0 radical (unpaired) electrons. The van der Waals surface area contributed by atoms with Gasteiger partial charge in [-0.25, -0.2) is 9.78 Å². The molecule has 0 saturated carbocycles. The number of hydrogen-bond acceptors (Lipinski definition) is 7. The Kier molecular flexibility index (Phi) is 11.1. The molecule has 9 heteroatoms. The smallest absolute Gasteiger partial charge is 0.326 e. The largest absolute Gasteiger partial charge is 0.480 e. The van der Waals surface area contributed by atoms with Crippen molar-refractivity contribution in [2.45, 2.75) is 50.7 Å². The number of ether oxygens (including phenoxy) is 1. The van der Waals surface area contributed by atoms with Crippen LogP contribution in [-0.2, 0) is 27.2 Å². The molecular weight excluding hydrogens is 460 g/mol. The average molecular weight is 499 g/mol. The second-order valence-corrected chi connectivity index (χ2v) is 9.13. The monoisotopic (exact) mass is 498 g/mol. The molecule has 0 spiro atoms. The molecule has 0 fully saturated rings. The van der Waals surface area contributed by atoms with Gasteiger partial charge in [0.15, 0.2) is 6.10 Å². The fourth-order valence-electron chi connectivity index (χ4n) is 4.31. The first-order valence-corrected chi connectivity index (χ1v) is 12.7. The lowest BCUT2D eigenvalue weighted by Crippen LogP contribution is -2.45. The number of aliphatic carboxylic acids is 1. The molecule has 0 aliphatic carbocycles. The molecule has 36 heavy (non-hydrogen) atoms. The van der Waals surface area contributed by atoms with E-state index in [1.54, 1.807) is 37.4 Å². The second kappa shape index (κ2) is 14.5. The van der Waals surface area contributed by atoms with Gasteiger partial charge < -0.3 is 30.5 Å². The highest BCUT2D eigenvalue weighted by Gasteiger charge is 2.25. The number of fused-ring (bicyclic) bond motifs is 1. The van der Waals surface area contributed by atoms with E-state index in [-0.39, 0.29) is 6.42 Å². The summed E-state index contributed by atoms with van der Waals surface area (Å²) in [6.07, 6.45) is 3.83. The summed E-state index contributed by atoms with van der Waals surface area (Å²) >= 11 is 0. The summed E-state index contributed by atoms with van der Waals surface area (Å²) in [6.45, 7) is 3.46. The van der Waals surface area contributed by atoms with Crippen molar-refractivity contribution in [2.75, 3.05) is 45.2 Å². The van der Waals surface area contributed by atoms with Crippen LogP contribution in [0.5, 0.6) is 0 Å². The number of aliphatic hydroxyl groups is 1. The van der Waals surface area contributed by atoms with E-state index in [2.05, 4.69) is 27.7 Å². The number of aryl methyl sites for hydroxylation is 2. The Morgan fingerprint density at radius 1 is 1.14 bits per heavy atom. The van der Waals surface area contributed by atoms with Crippen molar-refractivity contribution in [2.24, 2.45) is 0 Å². The number of methoxy groups -OCH3 is 1. The molecule has 3 rings (SSSR count). The van der Waals surface area contributed by atoms with E-state index in [4.69, 9.17) is 9.72 Å². The molecular formula is C27H38N4O5. The number of hydrogen-bond donors (Lipinski definition) is 4. The lowest BCUT2D eigenvalue weighted by molar-refractivity contribution is -0.143. The minimum Gasteiger partial charge on any atom is -0.480 e. The first kappa shape index (κ1) is 27.6. The van der Waals surface area contributed by atoms with Gasteiger partial charge in [-0.1, -0.05) is 36.4 Å². The number of carboxylic acids is 1. The topological polar surface area (TPSA) is 124 Å². The summed E-state index contributed by atoms with van der Waals surface area (Å²) < 4.78 is 5.22. The van der Waals surface area contributed by atoms with Crippen molar-refractivity contribution in [3.05, 3.63) is 59.3 Å². The molecule has 1 aliphatic heterocycles. The standard InChI is InChI=1S/C27H38N4O5/c1-36-19-18-31(16-6-5-11-22-13-12-21-10-7-15-28-25(21)29-22)17-14-23(27(34)35)30-26(33)24(32)20-8-3-2-4-9-20/h2-4,8-9,12-13,23-24,32H,5-7,10-11,14-19H2,1H3,(H,28,29)(H,30,33)(H,34,35)/t23-,24+/m0/s1. The van der Waals surface area contributed by atoms with Gasteiger partial charge in [0.1, 0.15) is 11.9 Å². The quantitative estimate of drug-likeness (QED) is 0.276. The molecule has 1 aromatic heterocycles. The molecule has 2 heterocycles. The summed E-state index contributed by atoms with van der Waals surface area (Å²) in [4.78, 5) is 31.1. The number of carbonyl (C=O) groups excluding carboxylic acids is 1. The van der Waals surface area contributed by atoms with Gasteiger partial charge in [-0.05, 0) is 62.3 Å². The Hall–Kier alpha value is -3.01. The number of anilines is 1. The maximum absolute atomic E-state index is 12.4. The van der Waals surface area contributed by atoms with Crippen LogP contribution in [0.1, 0.15) is 48.6 Å². The molecule has 1 aliphatic rings. The number of amides is 1. The third kappa shape index (κ3) is 8.58. The number of aromatic nitrogens is 1. The number of unbranched alkanes of at least 4 members (excludes halogenated alkanes) is 1. The van der Waals surface area contributed by atoms with Crippen LogP contribution in [0.2, 0.25) is 0 Å². The minimum atomic E-state index is -1.41. The first-order chi connectivity index (χ1) is 17.5. The van der Waals surface area contributed by atoms with E-state index in [0.29, 0.717) is 25.3 Å². The number of pyridine rings is 1. The number of carbonyl (C=O) groups is 2. The number of nitrogens with one attached hydrogen (secondary N) is 2. The number of benzene rings is 1. The SMILES string of the molecule is COCCN(CCCCc1ccc2c(n1)NCCC2)CC[C@H](NC(=O)[C@H](O)c1ccccc1)C(=O)O. The summed E-state index contributed by atoms with van der Waals surface area (Å²) in [7, 11) is 1.64. The maximum atomic E-state index is 12.4. The number of rotatable bonds is 15. The van der Waals surface area contributed by atoms with Crippen LogP contribution < -0.4 is 10.6 Å². The van der Waals surface area contributed by atoms with Crippen molar-refractivity contribution in [1.82, 2.24) is 15.2 Å². The Morgan fingerprint density at radius 2 is 1.94 bits per heavy atom. The fraction of sp³-hybridized carbons (Fsp3) is 0.519. The summed E-state index contributed by atoms with van der Waals surface area (Å²) in [6, 6.07) is 11.7. The van der Waals surface area contributed by atoms with Crippen LogP contribution in [-0.4, -0.2) is 77.9 Å². The molecule has 4 N–H and O–H groups in total. The molecule has 0 saturated heterocycles. The summed E-state index contributed by atoms with van der Waals surface area (Å²) in [5.74, 6) is -0.828. The first-order valence-electron chi connectivity index (χ1n) is 12.7. The van der Waals surface area contributed by atoms with Gasteiger partial charge in [-0.3, -0.25) is 4.79 Å². The average Bonchev–Trinajstić information content (AvgIpc) is 2.90. The van der Waals surface area contributed by atoms with Gasteiger partial charge in [0.25, 0.3) is 5.91 Å². The van der Waals surface area contributed by atoms with Gasteiger partial charge in [0, 0.05) is 32.4 Å². The van der Waals surface area contributed by atoms with Gasteiger partial charge in [0.05, 0.1) is 6.61 Å². The molecule has 2 aromatic rings. The highest BCUT2D eigenvalue weighted by atomic mass is 16.5. The van der Waals surface area contributed by atoms with E-state index in [1.807, 2.05) is 0 Å². The Bertz CT molecular complexity index is 972. The third-order valence-electron chi connectivity index (χ3n) is 6.43. The normalized spacial score (nSPS) is 14.5. The van der Waals surface area contributed by atoms with Gasteiger partial charge in [-0.2, -0.15) is 0 Å². The third-order valence-corrected chi connectivity index (χ3v) is 6.43. The zero-order chi connectivity index (χ0) is 25.8. The van der Waals surface area contributed by atoms with Crippen LogP contribution in [0.15, 0.2) is 42.5 Å². The molecule has 1 aromatic carbocycles. The fourth-order valence-corrected chi connectivity index (χ4v) is 4.31. The lowest BCUT2D eigenvalue weighted by Gasteiger charge is -2.24. The number of nitrogens with zero attached hydrogens (tertiary/aromatic N) is 2. The van der Waals surface area contributed by atoms with Crippen molar-refractivity contribution >= 4 is 17.7 Å². The van der Waals surface area contributed by atoms with Crippen LogP contribution in [0.25, 0.3) is 0 Å². The van der Waals surface area contributed by atoms with Gasteiger partial charge in [-0.15, -0.1) is 0 Å². The molecule has 0 bridgehead atoms. The zero-order valence-corrected chi connectivity index (χ0v) is 21.0. The van der Waals surface area contributed by atoms with Crippen molar-refractivity contribution in [3.8, 4) is 0 Å². The minimum absolute atomic E-state index is 0.227. The Morgan fingerprint density at radius 3 is 2.69 bits per heavy atom. The van der Waals surface area contributed by atoms with Gasteiger partial charge >= 0.3 is 5.97 Å². The van der Waals surface area contributed by atoms with E-state index in [0.717, 1.165) is 56.7 Å². The zero-order valence-electron chi connectivity index (χ0n) is 21.0. The second-order valence-electron chi connectivity index (χ2n) is 9.13. The predicted octanol–water partition coefficient (Wildman–Crippen LogP) is 2.40. The highest BCUT2D eigenvalue weighted by molar-refractivity contribution is 5.86. The van der Waals surface area contributed by atoms with Crippen molar-refractivity contribution in [1.29, 1.82) is 0 Å². The van der Waals surface area contributed by atoms with E-state index < -0.39 is 24.0 Å². The predicted molar refractivity (Wildman–Crippen MR) is 138 cm³/mol. The number of aliphatic hydroxyl groups excluding tert-OH is 1. The van der Waals surface area contributed by atoms with Crippen LogP contribution in [0, 0.1) is 0 Å². The van der Waals surface area contributed by atoms with E-state index in [1.165, 1.54) is 5.56 Å². The highest BCUT2D eigenvalue weighted by Crippen LogP contribution is 2.20. The lowest BCUT2D eigenvalue weighted by atomic mass is 10.1. The molecule has 2 atom stereocenters. The maximum Gasteiger partial charge on any atom is 0.326 e. The van der Waals surface area contributed by atoms with Crippen LogP contribution in [0.4, 0.5) is 5.82 Å². The van der Waals surface area contributed by atoms with Gasteiger partial charge in [0.2, 0.25) is 0 Å². The van der Waals surface area contributed by atoms with E-state index in [9.17, 15) is 19.8 Å². The molecule has 0 unspecified atom stereocenters. The molecule has 196 valence electrons. The summed E-state index contributed by atoms with van der Waals surface area (Å²) in [5, 5.41) is 25.8. The van der Waals surface area contributed by atoms with Crippen LogP contribution >= 0.6 is 0 Å². The summed E-state index contributed by atoms with van der Waals surface area (Å²) in [5.41, 5.74) is 2.79. The van der Waals surface area contributed by atoms with Crippen LogP contribution in [0.3, 0.4) is 0 Å². The van der Waals surface area contributed by atoms with Crippen molar-refractivity contribution in [3.63, 3.8) is 0 Å². The Balaban J connectivity index is 1.46.